The molecule has 1 aromatic heterocycles. The molecule has 4 rings (SSSR count). The first kappa shape index (κ1) is 14.5. The molecule has 0 saturated carbocycles. The van der Waals surface area contributed by atoms with Crippen molar-refractivity contribution >= 4 is 12.4 Å². The van der Waals surface area contributed by atoms with Gasteiger partial charge in [-0.1, -0.05) is 0 Å². The molecule has 2 aliphatic heterocycles. The van der Waals surface area contributed by atoms with Crippen LogP contribution in [-0.4, -0.2) is 27.9 Å². The molecule has 1 fully saturated rings. The molecule has 1 N–H and O–H groups in total. The van der Waals surface area contributed by atoms with Crippen LogP contribution in [-0.2, 0) is 12.8 Å². The van der Waals surface area contributed by atoms with Gasteiger partial charge in [0.05, 0.1) is 5.69 Å². The molecule has 1 atom stereocenters. The summed E-state index contributed by atoms with van der Waals surface area (Å²) in [5.74, 6) is 2.27. The lowest BCUT2D eigenvalue weighted by Crippen LogP contribution is -2.30. The lowest BCUT2D eigenvalue weighted by atomic mass is 9.97. The zero-order chi connectivity index (χ0) is 13.5. The summed E-state index contributed by atoms with van der Waals surface area (Å²) in [4.78, 5) is 0. The van der Waals surface area contributed by atoms with Crippen molar-refractivity contribution in [1.82, 2.24) is 20.1 Å². The number of piperidine rings is 1. The maximum Gasteiger partial charge on any atom is 0.142 e. The zero-order valence-electron chi connectivity index (χ0n) is 11.7. The second-order valence-electron chi connectivity index (χ2n) is 5.63. The van der Waals surface area contributed by atoms with Crippen molar-refractivity contribution < 1.29 is 4.39 Å². The Labute approximate surface area is 129 Å². The fourth-order valence-corrected chi connectivity index (χ4v) is 3.31. The first-order valence-corrected chi connectivity index (χ1v) is 7.26. The van der Waals surface area contributed by atoms with E-state index in [9.17, 15) is 4.39 Å². The third kappa shape index (κ3) is 2.45. The Morgan fingerprint density at radius 2 is 2.14 bits per heavy atom. The van der Waals surface area contributed by atoms with Crippen LogP contribution in [0.25, 0.3) is 5.69 Å². The van der Waals surface area contributed by atoms with Gasteiger partial charge in [0.15, 0.2) is 0 Å². The summed E-state index contributed by atoms with van der Waals surface area (Å²) < 4.78 is 15.5. The number of benzene rings is 1. The standard InChI is InChI=1S/C15H17FN4.ClH/c16-12-4-5-13-10(8-12)3-6-14-18-19-15(20(13)14)11-2-1-7-17-9-11;/h4-5,8,11,17H,1-3,6-7,9H2;1H. The van der Waals surface area contributed by atoms with Crippen molar-refractivity contribution in [2.75, 3.05) is 13.1 Å². The zero-order valence-corrected chi connectivity index (χ0v) is 12.5. The number of rotatable bonds is 1. The largest absolute Gasteiger partial charge is 0.316 e. The molecule has 0 amide bonds. The molecule has 0 bridgehead atoms. The predicted molar refractivity (Wildman–Crippen MR) is 80.8 cm³/mol. The number of hydrogen-bond acceptors (Lipinski definition) is 3. The third-order valence-corrected chi connectivity index (χ3v) is 4.32. The summed E-state index contributed by atoms with van der Waals surface area (Å²) >= 11 is 0. The SMILES string of the molecule is Cl.Fc1ccc2c(c1)CCc1nnc(C3CCCNC3)n1-2. The highest BCUT2D eigenvalue weighted by Gasteiger charge is 2.27. The highest BCUT2D eigenvalue weighted by Crippen LogP contribution is 2.30. The fourth-order valence-electron chi connectivity index (χ4n) is 3.31. The molecule has 0 radical (unpaired) electrons. The minimum absolute atomic E-state index is 0. The second kappa shape index (κ2) is 5.73. The molecule has 0 spiro atoms. The predicted octanol–water partition coefficient (Wildman–Crippen LogP) is 2.39. The van der Waals surface area contributed by atoms with E-state index < -0.39 is 0 Å². The van der Waals surface area contributed by atoms with Gasteiger partial charge in [-0.15, -0.1) is 22.6 Å². The first-order valence-electron chi connectivity index (χ1n) is 7.26. The smallest absolute Gasteiger partial charge is 0.142 e. The number of aromatic nitrogens is 3. The molecule has 6 heteroatoms. The molecule has 21 heavy (non-hydrogen) atoms. The van der Waals surface area contributed by atoms with Crippen LogP contribution < -0.4 is 5.32 Å². The van der Waals surface area contributed by atoms with Crippen molar-refractivity contribution in [3.05, 3.63) is 41.2 Å². The summed E-state index contributed by atoms with van der Waals surface area (Å²) in [7, 11) is 0. The van der Waals surface area contributed by atoms with Crippen LogP contribution in [0, 0.1) is 5.82 Å². The first-order chi connectivity index (χ1) is 9.83. The Bertz CT molecular complexity index is 649. The lowest BCUT2D eigenvalue weighted by Gasteiger charge is -2.25. The van der Waals surface area contributed by atoms with Crippen LogP contribution in [0.2, 0.25) is 0 Å². The van der Waals surface area contributed by atoms with Gasteiger partial charge in [0.2, 0.25) is 0 Å². The molecular formula is C15H18ClFN4. The minimum atomic E-state index is -0.166. The maximum absolute atomic E-state index is 13.4. The van der Waals surface area contributed by atoms with E-state index in [1.54, 1.807) is 6.07 Å². The normalized spacial score (nSPS) is 20.3. The summed E-state index contributed by atoms with van der Waals surface area (Å²) in [5.41, 5.74) is 2.11. The van der Waals surface area contributed by atoms with Gasteiger partial charge in [-0.2, -0.15) is 0 Å². The average molecular weight is 309 g/mol. The monoisotopic (exact) mass is 308 g/mol. The molecule has 0 aliphatic carbocycles. The third-order valence-electron chi connectivity index (χ3n) is 4.32. The number of fused-ring (bicyclic) bond motifs is 3. The Balaban J connectivity index is 0.00000132. The topological polar surface area (TPSA) is 42.7 Å². The van der Waals surface area contributed by atoms with Crippen molar-refractivity contribution in [2.24, 2.45) is 0 Å². The second-order valence-corrected chi connectivity index (χ2v) is 5.63. The maximum atomic E-state index is 13.4. The van der Waals surface area contributed by atoms with Gasteiger partial charge in [-0.3, -0.25) is 4.57 Å². The van der Waals surface area contributed by atoms with E-state index >= 15 is 0 Å². The van der Waals surface area contributed by atoms with Crippen molar-refractivity contribution in [3.8, 4) is 5.69 Å². The fraction of sp³-hybridized carbons (Fsp3) is 0.467. The van der Waals surface area contributed by atoms with Crippen LogP contribution >= 0.6 is 12.4 Å². The Morgan fingerprint density at radius 1 is 1.24 bits per heavy atom. The van der Waals surface area contributed by atoms with Crippen LogP contribution in [0.4, 0.5) is 4.39 Å². The van der Waals surface area contributed by atoms with Crippen molar-refractivity contribution in [3.63, 3.8) is 0 Å². The van der Waals surface area contributed by atoms with E-state index in [2.05, 4.69) is 20.1 Å². The van der Waals surface area contributed by atoms with E-state index in [1.165, 1.54) is 12.5 Å². The van der Waals surface area contributed by atoms with Crippen LogP contribution in [0.1, 0.15) is 36.0 Å². The van der Waals surface area contributed by atoms with Crippen LogP contribution in [0.5, 0.6) is 0 Å². The highest BCUT2D eigenvalue weighted by molar-refractivity contribution is 5.85. The minimum Gasteiger partial charge on any atom is -0.316 e. The molecule has 3 heterocycles. The average Bonchev–Trinajstić information content (AvgIpc) is 2.92. The number of hydrogen-bond donors (Lipinski definition) is 1. The number of nitrogens with one attached hydrogen (secondary N) is 1. The molecular weight excluding hydrogens is 291 g/mol. The summed E-state index contributed by atoms with van der Waals surface area (Å²) in [6.07, 6.45) is 3.99. The Morgan fingerprint density at radius 3 is 2.95 bits per heavy atom. The van der Waals surface area contributed by atoms with Gasteiger partial charge >= 0.3 is 0 Å². The number of halogens is 2. The molecule has 2 aromatic rings. The van der Waals surface area contributed by atoms with Gasteiger partial charge < -0.3 is 5.32 Å². The molecule has 4 nitrogen and oxygen atoms in total. The van der Waals surface area contributed by atoms with Gasteiger partial charge in [0, 0.05) is 18.9 Å². The molecule has 112 valence electrons. The van der Waals surface area contributed by atoms with Gasteiger partial charge in [0.1, 0.15) is 17.5 Å². The molecule has 2 aliphatic rings. The summed E-state index contributed by atoms with van der Waals surface area (Å²) in [6.45, 7) is 2.04. The highest BCUT2D eigenvalue weighted by atomic mass is 35.5. The van der Waals surface area contributed by atoms with Crippen molar-refractivity contribution in [2.45, 2.75) is 31.6 Å². The van der Waals surface area contributed by atoms with Gasteiger partial charge in [0.25, 0.3) is 0 Å². The van der Waals surface area contributed by atoms with Crippen molar-refractivity contribution in [1.29, 1.82) is 0 Å². The van der Waals surface area contributed by atoms with E-state index in [1.807, 2.05) is 6.07 Å². The quantitative estimate of drug-likeness (QED) is 0.879. The Hall–Kier alpha value is -1.46. The summed E-state index contributed by atoms with van der Waals surface area (Å²) in [5, 5.41) is 12.2. The van der Waals surface area contributed by atoms with E-state index in [0.717, 1.165) is 55.3 Å². The summed E-state index contributed by atoms with van der Waals surface area (Å²) in [6, 6.07) is 5.02. The van der Waals surface area contributed by atoms with Crippen LogP contribution in [0.15, 0.2) is 18.2 Å². The van der Waals surface area contributed by atoms with Crippen LogP contribution in [0.3, 0.4) is 0 Å². The number of nitrogens with zero attached hydrogens (tertiary/aromatic N) is 3. The van der Waals surface area contributed by atoms with Gasteiger partial charge in [-0.25, -0.2) is 4.39 Å². The van der Waals surface area contributed by atoms with Gasteiger partial charge in [-0.05, 0) is 49.6 Å². The lowest BCUT2D eigenvalue weighted by molar-refractivity contribution is 0.441. The molecule has 1 saturated heterocycles. The molecule has 1 aromatic carbocycles. The van der Waals surface area contributed by atoms with E-state index in [4.69, 9.17) is 0 Å². The van der Waals surface area contributed by atoms with E-state index in [-0.39, 0.29) is 18.2 Å². The van der Waals surface area contributed by atoms with E-state index in [0.29, 0.717) is 5.92 Å². The number of aryl methyl sites for hydroxylation is 2. The Kier molecular flexibility index (Phi) is 3.95. The molecule has 1 unspecified atom stereocenters.